The molecule has 0 heterocycles. The number of nitro benzene ring substituents is 1. The summed E-state index contributed by atoms with van der Waals surface area (Å²) in [4.78, 5) is 22.4. The molecule has 0 aromatic heterocycles. The summed E-state index contributed by atoms with van der Waals surface area (Å²) in [6, 6.07) is 12.5. The molecule has 1 aliphatic rings. The quantitative estimate of drug-likeness (QED) is 0.494. The summed E-state index contributed by atoms with van der Waals surface area (Å²) < 4.78 is 0. The van der Waals surface area contributed by atoms with Crippen LogP contribution in [0.15, 0.2) is 48.5 Å². The SMILES string of the molecule is CC(NC(=O)/C=C/c1ccc([N+](=O)[O-])cc1)c1ccc2c(c1)CCCC2. The Morgan fingerprint density at radius 1 is 1.12 bits per heavy atom. The molecule has 3 rings (SSSR count). The van der Waals surface area contributed by atoms with Gasteiger partial charge in [0.25, 0.3) is 5.69 Å². The molecular formula is C21H22N2O3. The van der Waals surface area contributed by atoms with Crippen LogP contribution >= 0.6 is 0 Å². The van der Waals surface area contributed by atoms with Crippen molar-refractivity contribution in [3.8, 4) is 0 Å². The zero-order valence-electron chi connectivity index (χ0n) is 14.8. The van der Waals surface area contributed by atoms with Crippen molar-refractivity contribution in [2.75, 3.05) is 0 Å². The number of carbonyl (C=O) groups is 1. The number of non-ortho nitro benzene ring substituents is 1. The lowest BCUT2D eigenvalue weighted by molar-refractivity contribution is -0.384. The average Bonchev–Trinajstić information content (AvgIpc) is 2.66. The Balaban J connectivity index is 1.61. The Bertz CT molecular complexity index is 841. The van der Waals surface area contributed by atoms with Gasteiger partial charge in [-0.25, -0.2) is 0 Å². The molecule has 0 saturated heterocycles. The van der Waals surface area contributed by atoms with Crippen LogP contribution in [0.3, 0.4) is 0 Å². The first-order valence-corrected chi connectivity index (χ1v) is 8.87. The van der Waals surface area contributed by atoms with E-state index in [0.29, 0.717) is 0 Å². The van der Waals surface area contributed by atoms with E-state index >= 15 is 0 Å². The van der Waals surface area contributed by atoms with Gasteiger partial charge in [0.05, 0.1) is 11.0 Å². The van der Waals surface area contributed by atoms with Crippen LogP contribution in [-0.4, -0.2) is 10.8 Å². The van der Waals surface area contributed by atoms with E-state index in [2.05, 4.69) is 23.5 Å². The normalized spacial score (nSPS) is 14.7. The number of nitrogens with zero attached hydrogens (tertiary/aromatic N) is 1. The maximum Gasteiger partial charge on any atom is 0.269 e. The van der Waals surface area contributed by atoms with Gasteiger partial charge in [0.15, 0.2) is 0 Å². The monoisotopic (exact) mass is 350 g/mol. The van der Waals surface area contributed by atoms with Crippen LogP contribution in [0, 0.1) is 10.1 Å². The van der Waals surface area contributed by atoms with Gasteiger partial charge >= 0.3 is 0 Å². The standard InChI is InChI=1S/C21H22N2O3/c1-15(18-10-9-17-4-2-3-5-19(17)14-18)22-21(24)13-8-16-6-11-20(12-7-16)23(25)26/h6-15H,2-5H2,1H3,(H,22,24)/b13-8+. The molecule has 0 bridgehead atoms. The summed E-state index contributed by atoms with van der Waals surface area (Å²) in [5.41, 5.74) is 4.72. The highest BCUT2D eigenvalue weighted by atomic mass is 16.6. The fourth-order valence-electron chi connectivity index (χ4n) is 3.25. The predicted molar refractivity (Wildman–Crippen MR) is 102 cm³/mol. The van der Waals surface area contributed by atoms with E-state index < -0.39 is 4.92 Å². The largest absolute Gasteiger partial charge is 0.346 e. The maximum absolute atomic E-state index is 12.2. The van der Waals surface area contributed by atoms with E-state index in [1.807, 2.05) is 6.92 Å². The third-order valence-electron chi connectivity index (χ3n) is 4.76. The molecular weight excluding hydrogens is 328 g/mol. The summed E-state index contributed by atoms with van der Waals surface area (Å²) in [5, 5.41) is 13.6. The van der Waals surface area contributed by atoms with Gasteiger partial charge in [-0.05, 0) is 73.1 Å². The highest BCUT2D eigenvalue weighted by molar-refractivity contribution is 5.92. The molecule has 0 radical (unpaired) electrons. The van der Waals surface area contributed by atoms with Crippen molar-refractivity contribution in [3.63, 3.8) is 0 Å². The predicted octanol–water partition coefficient (Wildman–Crippen LogP) is 4.36. The number of hydrogen-bond donors (Lipinski definition) is 1. The van der Waals surface area contributed by atoms with E-state index in [4.69, 9.17) is 0 Å². The number of amides is 1. The van der Waals surface area contributed by atoms with Crippen LogP contribution in [0.2, 0.25) is 0 Å². The van der Waals surface area contributed by atoms with E-state index in [1.165, 1.54) is 42.2 Å². The fraction of sp³-hybridized carbons (Fsp3) is 0.286. The van der Waals surface area contributed by atoms with E-state index in [0.717, 1.165) is 24.0 Å². The second-order valence-corrected chi connectivity index (χ2v) is 6.65. The van der Waals surface area contributed by atoms with Gasteiger partial charge in [0.1, 0.15) is 0 Å². The van der Waals surface area contributed by atoms with Gasteiger partial charge in [-0.15, -0.1) is 0 Å². The smallest absolute Gasteiger partial charge is 0.269 e. The first kappa shape index (κ1) is 17.9. The average molecular weight is 350 g/mol. The Hall–Kier alpha value is -2.95. The van der Waals surface area contributed by atoms with Crippen molar-refractivity contribution in [2.45, 2.75) is 38.6 Å². The number of hydrogen-bond acceptors (Lipinski definition) is 3. The third-order valence-corrected chi connectivity index (χ3v) is 4.76. The van der Waals surface area contributed by atoms with Gasteiger partial charge in [0.2, 0.25) is 5.91 Å². The summed E-state index contributed by atoms with van der Waals surface area (Å²) in [6.45, 7) is 1.97. The van der Waals surface area contributed by atoms with Crippen LogP contribution in [0.25, 0.3) is 6.08 Å². The van der Waals surface area contributed by atoms with Gasteiger partial charge in [0, 0.05) is 18.2 Å². The maximum atomic E-state index is 12.2. The summed E-state index contributed by atoms with van der Waals surface area (Å²) in [5.74, 6) is -0.187. The molecule has 0 aliphatic heterocycles. The van der Waals surface area contributed by atoms with Crippen LogP contribution in [0.5, 0.6) is 0 Å². The molecule has 0 fully saturated rings. The second-order valence-electron chi connectivity index (χ2n) is 6.65. The minimum absolute atomic E-state index is 0.0348. The van der Waals surface area contributed by atoms with E-state index in [1.54, 1.807) is 18.2 Å². The Morgan fingerprint density at radius 3 is 2.50 bits per heavy atom. The van der Waals surface area contributed by atoms with Crippen molar-refractivity contribution in [3.05, 3.63) is 80.9 Å². The van der Waals surface area contributed by atoms with Gasteiger partial charge in [-0.3, -0.25) is 14.9 Å². The molecule has 1 N–H and O–H groups in total. The van der Waals surface area contributed by atoms with Gasteiger partial charge in [-0.2, -0.15) is 0 Å². The minimum Gasteiger partial charge on any atom is -0.346 e. The molecule has 1 atom stereocenters. The van der Waals surface area contributed by atoms with Crippen molar-refractivity contribution in [1.29, 1.82) is 0 Å². The third kappa shape index (κ3) is 4.36. The molecule has 5 heteroatoms. The Kier molecular flexibility index (Phi) is 5.46. The minimum atomic E-state index is -0.444. The molecule has 2 aromatic carbocycles. The Morgan fingerprint density at radius 2 is 1.81 bits per heavy atom. The van der Waals surface area contributed by atoms with Crippen molar-refractivity contribution >= 4 is 17.7 Å². The topological polar surface area (TPSA) is 72.2 Å². The fourth-order valence-corrected chi connectivity index (χ4v) is 3.25. The lowest BCUT2D eigenvalue weighted by Crippen LogP contribution is -2.24. The first-order valence-electron chi connectivity index (χ1n) is 8.87. The molecule has 1 amide bonds. The molecule has 134 valence electrons. The van der Waals surface area contributed by atoms with E-state index in [9.17, 15) is 14.9 Å². The van der Waals surface area contributed by atoms with Crippen molar-refractivity contribution < 1.29 is 9.72 Å². The number of nitro groups is 1. The second kappa shape index (κ2) is 7.95. The molecule has 0 saturated carbocycles. The zero-order chi connectivity index (χ0) is 18.5. The number of rotatable bonds is 5. The van der Waals surface area contributed by atoms with Crippen LogP contribution < -0.4 is 5.32 Å². The lowest BCUT2D eigenvalue weighted by Gasteiger charge is -2.19. The van der Waals surface area contributed by atoms with Crippen molar-refractivity contribution in [1.82, 2.24) is 5.32 Å². The van der Waals surface area contributed by atoms with Gasteiger partial charge < -0.3 is 5.32 Å². The molecule has 26 heavy (non-hydrogen) atoms. The molecule has 1 unspecified atom stereocenters. The lowest BCUT2D eigenvalue weighted by atomic mass is 9.89. The molecule has 5 nitrogen and oxygen atoms in total. The number of nitrogens with one attached hydrogen (secondary N) is 1. The van der Waals surface area contributed by atoms with E-state index in [-0.39, 0.29) is 17.6 Å². The number of benzene rings is 2. The summed E-state index contributed by atoms with van der Waals surface area (Å²) in [6.07, 6.45) is 7.86. The molecule has 2 aromatic rings. The Labute approximate surface area is 152 Å². The molecule has 1 aliphatic carbocycles. The number of fused-ring (bicyclic) bond motifs is 1. The number of aryl methyl sites for hydroxylation is 2. The summed E-state index contributed by atoms with van der Waals surface area (Å²) >= 11 is 0. The zero-order valence-corrected chi connectivity index (χ0v) is 14.8. The first-order chi connectivity index (χ1) is 12.5. The highest BCUT2D eigenvalue weighted by Gasteiger charge is 2.13. The summed E-state index contributed by atoms with van der Waals surface area (Å²) in [7, 11) is 0. The van der Waals surface area contributed by atoms with Crippen LogP contribution in [0.4, 0.5) is 5.69 Å². The van der Waals surface area contributed by atoms with Crippen LogP contribution in [-0.2, 0) is 17.6 Å². The van der Waals surface area contributed by atoms with Gasteiger partial charge in [-0.1, -0.05) is 18.2 Å². The van der Waals surface area contributed by atoms with Crippen molar-refractivity contribution in [2.24, 2.45) is 0 Å². The molecule has 0 spiro atoms. The number of carbonyl (C=O) groups excluding carboxylic acids is 1. The highest BCUT2D eigenvalue weighted by Crippen LogP contribution is 2.24. The van der Waals surface area contributed by atoms with Crippen LogP contribution in [0.1, 0.15) is 48.1 Å².